The Hall–Kier alpha value is -1.33. The molecule has 0 saturated carbocycles. The molecule has 1 aromatic carbocycles. The summed E-state index contributed by atoms with van der Waals surface area (Å²) < 4.78 is 0.859. The first-order valence-corrected chi connectivity index (χ1v) is 7.05. The molecule has 2 aromatic rings. The summed E-state index contributed by atoms with van der Waals surface area (Å²) >= 11 is 5.01. The fourth-order valence-corrected chi connectivity index (χ4v) is 2.82. The van der Waals surface area contributed by atoms with Crippen molar-refractivity contribution in [1.29, 1.82) is 0 Å². The molecule has 0 aliphatic rings. The van der Waals surface area contributed by atoms with E-state index in [1.54, 1.807) is 29.5 Å². The molecule has 5 heteroatoms. The molecule has 0 aliphatic heterocycles. The number of rotatable bonds is 4. The first-order valence-electron chi connectivity index (χ1n) is 5.37. The summed E-state index contributed by atoms with van der Waals surface area (Å²) in [5, 5.41) is 14.3. The van der Waals surface area contributed by atoms with E-state index in [1.165, 1.54) is 10.4 Å². The number of benzene rings is 1. The van der Waals surface area contributed by atoms with Gasteiger partial charge in [-0.05, 0) is 42.1 Å². The topological polar surface area (TPSA) is 49.3 Å². The van der Waals surface area contributed by atoms with Crippen LogP contribution in [-0.2, 0) is 6.54 Å². The van der Waals surface area contributed by atoms with Gasteiger partial charge in [0.25, 0.3) is 0 Å². The summed E-state index contributed by atoms with van der Waals surface area (Å²) in [6, 6.07) is 7.16. The first-order chi connectivity index (χ1) is 8.58. The van der Waals surface area contributed by atoms with Crippen LogP contribution in [0.15, 0.2) is 34.1 Å². The van der Waals surface area contributed by atoms with Crippen LogP contribution < -0.4 is 5.32 Å². The third kappa shape index (κ3) is 2.91. The Balaban J connectivity index is 2.20. The van der Waals surface area contributed by atoms with Crippen LogP contribution in [0, 0.1) is 6.92 Å². The molecule has 0 atom stereocenters. The molecule has 94 valence electrons. The number of aryl methyl sites for hydroxylation is 1. The van der Waals surface area contributed by atoms with Gasteiger partial charge in [0.05, 0.1) is 11.3 Å². The molecule has 1 heterocycles. The van der Waals surface area contributed by atoms with Crippen LogP contribution in [0.3, 0.4) is 0 Å². The average Bonchev–Trinajstić information content (AvgIpc) is 2.72. The Bertz CT molecular complexity index is 580. The summed E-state index contributed by atoms with van der Waals surface area (Å²) in [6.07, 6.45) is 0. The minimum Gasteiger partial charge on any atom is -0.478 e. The van der Waals surface area contributed by atoms with Crippen LogP contribution in [-0.4, -0.2) is 11.1 Å². The number of aromatic carboxylic acids is 1. The quantitative estimate of drug-likeness (QED) is 0.888. The predicted octanol–water partition coefficient (Wildman–Crippen LogP) is 4.13. The average molecular weight is 326 g/mol. The van der Waals surface area contributed by atoms with E-state index in [0.29, 0.717) is 12.2 Å². The minimum atomic E-state index is -0.923. The van der Waals surface area contributed by atoms with E-state index in [4.69, 9.17) is 5.11 Å². The summed E-state index contributed by atoms with van der Waals surface area (Å²) in [7, 11) is 0. The van der Waals surface area contributed by atoms with Crippen LogP contribution >= 0.6 is 27.3 Å². The molecular formula is C13H12BrNO2S. The molecule has 1 aromatic heterocycles. The van der Waals surface area contributed by atoms with E-state index in [9.17, 15) is 4.79 Å². The number of nitrogens with one attached hydrogen (secondary N) is 1. The molecule has 0 unspecified atom stereocenters. The molecule has 0 spiro atoms. The van der Waals surface area contributed by atoms with Crippen LogP contribution in [0.1, 0.15) is 20.8 Å². The van der Waals surface area contributed by atoms with Crippen molar-refractivity contribution in [3.05, 3.63) is 50.1 Å². The maximum atomic E-state index is 11.1. The van der Waals surface area contributed by atoms with Gasteiger partial charge in [0.1, 0.15) is 0 Å². The number of anilines is 1. The molecule has 3 nitrogen and oxygen atoms in total. The molecular weight excluding hydrogens is 314 g/mol. The number of thiophene rings is 1. The first kappa shape index (κ1) is 13.1. The van der Waals surface area contributed by atoms with Crippen molar-refractivity contribution in [3.63, 3.8) is 0 Å². The molecule has 0 bridgehead atoms. The molecule has 18 heavy (non-hydrogen) atoms. The number of carbonyl (C=O) groups is 1. The van der Waals surface area contributed by atoms with Gasteiger partial charge in [0.2, 0.25) is 0 Å². The molecule has 0 saturated heterocycles. The molecule has 0 fully saturated rings. The standard InChI is InChI=1S/C13H12BrNO2S/c1-8-4-5-18-12(8)7-15-11-6-9(14)2-3-10(11)13(16)17/h2-6,15H,7H2,1H3,(H,16,17). The zero-order chi connectivity index (χ0) is 13.1. The van der Waals surface area contributed by atoms with Crippen LogP contribution in [0.2, 0.25) is 0 Å². The van der Waals surface area contributed by atoms with E-state index in [1.807, 2.05) is 12.3 Å². The van der Waals surface area contributed by atoms with Crippen molar-refractivity contribution in [3.8, 4) is 0 Å². The Labute approximate surface area is 118 Å². The van der Waals surface area contributed by atoms with Gasteiger partial charge < -0.3 is 10.4 Å². The van der Waals surface area contributed by atoms with E-state index in [0.717, 1.165) is 4.47 Å². The normalized spacial score (nSPS) is 10.3. The molecule has 0 aliphatic carbocycles. The third-order valence-electron chi connectivity index (χ3n) is 2.62. The highest BCUT2D eigenvalue weighted by Gasteiger charge is 2.10. The number of halogens is 1. The summed E-state index contributed by atoms with van der Waals surface area (Å²) in [4.78, 5) is 12.3. The fraction of sp³-hybridized carbons (Fsp3) is 0.154. The zero-order valence-corrected chi connectivity index (χ0v) is 12.1. The maximum absolute atomic E-state index is 11.1. The van der Waals surface area contributed by atoms with Gasteiger partial charge in [-0.1, -0.05) is 15.9 Å². The van der Waals surface area contributed by atoms with Gasteiger partial charge in [-0.15, -0.1) is 11.3 Å². The third-order valence-corrected chi connectivity index (χ3v) is 4.14. The number of carboxylic acid groups (broad SMARTS) is 1. The van der Waals surface area contributed by atoms with Crippen LogP contribution in [0.5, 0.6) is 0 Å². The van der Waals surface area contributed by atoms with Crippen molar-refractivity contribution >= 4 is 38.9 Å². The Morgan fingerprint density at radius 1 is 1.44 bits per heavy atom. The highest BCUT2D eigenvalue weighted by Crippen LogP contribution is 2.23. The Kier molecular flexibility index (Phi) is 4.04. The lowest BCUT2D eigenvalue weighted by Gasteiger charge is -2.09. The van der Waals surface area contributed by atoms with E-state index in [-0.39, 0.29) is 5.56 Å². The minimum absolute atomic E-state index is 0.285. The lowest BCUT2D eigenvalue weighted by Crippen LogP contribution is -2.06. The lowest BCUT2D eigenvalue weighted by molar-refractivity contribution is 0.0698. The molecule has 0 amide bonds. The molecule has 2 rings (SSSR count). The van der Waals surface area contributed by atoms with E-state index < -0.39 is 5.97 Å². The predicted molar refractivity (Wildman–Crippen MR) is 77.5 cm³/mol. The van der Waals surface area contributed by atoms with Gasteiger partial charge in [0.15, 0.2) is 0 Å². The van der Waals surface area contributed by atoms with E-state index in [2.05, 4.69) is 27.3 Å². The van der Waals surface area contributed by atoms with Crippen LogP contribution in [0.25, 0.3) is 0 Å². The SMILES string of the molecule is Cc1ccsc1CNc1cc(Br)ccc1C(=O)O. The Morgan fingerprint density at radius 3 is 2.83 bits per heavy atom. The smallest absolute Gasteiger partial charge is 0.337 e. The largest absolute Gasteiger partial charge is 0.478 e. The molecule has 0 radical (unpaired) electrons. The van der Waals surface area contributed by atoms with Crippen molar-refractivity contribution in [2.75, 3.05) is 5.32 Å². The van der Waals surface area contributed by atoms with Gasteiger partial charge in [-0.25, -0.2) is 4.79 Å². The van der Waals surface area contributed by atoms with E-state index >= 15 is 0 Å². The molecule has 2 N–H and O–H groups in total. The number of carboxylic acids is 1. The second kappa shape index (κ2) is 5.54. The van der Waals surface area contributed by atoms with Gasteiger partial charge in [-0.3, -0.25) is 0 Å². The van der Waals surface area contributed by atoms with Gasteiger partial charge in [0, 0.05) is 15.9 Å². The van der Waals surface area contributed by atoms with Crippen molar-refractivity contribution in [2.24, 2.45) is 0 Å². The summed E-state index contributed by atoms with van der Waals surface area (Å²) in [5.74, 6) is -0.923. The van der Waals surface area contributed by atoms with Crippen molar-refractivity contribution < 1.29 is 9.90 Å². The number of hydrogen-bond donors (Lipinski definition) is 2. The lowest BCUT2D eigenvalue weighted by atomic mass is 10.1. The van der Waals surface area contributed by atoms with Gasteiger partial charge >= 0.3 is 5.97 Å². The number of hydrogen-bond acceptors (Lipinski definition) is 3. The van der Waals surface area contributed by atoms with Gasteiger partial charge in [-0.2, -0.15) is 0 Å². The van der Waals surface area contributed by atoms with Crippen molar-refractivity contribution in [2.45, 2.75) is 13.5 Å². The monoisotopic (exact) mass is 325 g/mol. The fourth-order valence-electron chi connectivity index (χ4n) is 1.61. The second-order valence-electron chi connectivity index (χ2n) is 3.88. The van der Waals surface area contributed by atoms with Crippen molar-refractivity contribution in [1.82, 2.24) is 0 Å². The summed E-state index contributed by atoms with van der Waals surface area (Å²) in [5.41, 5.74) is 2.14. The zero-order valence-electron chi connectivity index (χ0n) is 9.74. The highest BCUT2D eigenvalue weighted by molar-refractivity contribution is 9.10. The Morgan fingerprint density at radius 2 is 2.22 bits per heavy atom. The van der Waals surface area contributed by atoms with Crippen LogP contribution in [0.4, 0.5) is 5.69 Å². The highest BCUT2D eigenvalue weighted by atomic mass is 79.9. The summed E-state index contributed by atoms with van der Waals surface area (Å²) in [6.45, 7) is 2.69. The second-order valence-corrected chi connectivity index (χ2v) is 5.79. The maximum Gasteiger partial charge on any atom is 0.337 e.